The van der Waals surface area contributed by atoms with Crippen LogP contribution in [0.3, 0.4) is 0 Å². The molecule has 0 radical (unpaired) electrons. The summed E-state index contributed by atoms with van der Waals surface area (Å²) in [6.07, 6.45) is 29.9. The lowest BCUT2D eigenvalue weighted by Crippen LogP contribution is -2.45. The first-order valence-electron chi connectivity index (χ1n) is 30.7. The molecule has 428 valence electrons. The van der Waals surface area contributed by atoms with Gasteiger partial charge in [-0.25, -0.2) is 34.9 Å². The highest BCUT2D eigenvalue weighted by Crippen LogP contribution is 2.33. The molecule has 0 bridgehead atoms. The fourth-order valence-corrected chi connectivity index (χ4v) is 11.6. The number of anilines is 2. The average Bonchev–Trinajstić information content (AvgIpc) is 3.39. The van der Waals surface area contributed by atoms with Crippen molar-refractivity contribution in [2.45, 2.75) is 164 Å². The van der Waals surface area contributed by atoms with Crippen molar-refractivity contribution >= 4 is 17.7 Å². The van der Waals surface area contributed by atoms with Crippen LogP contribution >= 0.6 is 0 Å². The molecule has 0 unspecified atom stereocenters. The Morgan fingerprint density at radius 2 is 0.848 bits per heavy atom. The zero-order valence-electron chi connectivity index (χ0n) is 49.9. The van der Waals surface area contributed by atoms with Gasteiger partial charge in [0, 0.05) is 124 Å². The maximum atomic E-state index is 11.2. The maximum Gasteiger partial charge on any atom is 0.225 e. The van der Waals surface area contributed by atoms with E-state index < -0.39 is 0 Å². The number of likely N-dealkylation sites (tertiary alicyclic amines) is 1. The molecule has 14 heteroatoms. The molecule has 5 aromatic rings. The number of piperazine rings is 2. The summed E-state index contributed by atoms with van der Waals surface area (Å²) < 4.78 is 0. The van der Waals surface area contributed by atoms with E-state index in [-0.39, 0.29) is 5.91 Å². The molecule has 0 spiro atoms. The molecule has 0 aromatic carbocycles. The zero-order valence-corrected chi connectivity index (χ0v) is 49.9. The number of likely N-dealkylation sites (N-methyl/N-ethyl adjacent to an activating group) is 2. The Hall–Kier alpha value is -5.47. The Morgan fingerprint density at radius 1 is 0.430 bits per heavy atom. The average molecular weight is 1080 g/mol. The number of pyridine rings is 2. The van der Waals surface area contributed by atoms with Crippen LogP contribution in [0.25, 0.3) is 0 Å². The summed E-state index contributed by atoms with van der Waals surface area (Å²) in [4.78, 5) is 58.1. The monoisotopic (exact) mass is 1080 g/mol. The van der Waals surface area contributed by atoms with Gasteiger partial charge >= 0.3 is 0 Å². The number of nitrogens with zero attached hydrogens (tertiary/aromatic N) is 13. The number of rotatable bonds is 12. The lowest BCUT2D eigenvalue weighted by molar-refractivity contribution is -0.130. The third-order valence-corrected chi connectivity index (χ3v) is 17.7. The summed E-state index contributed by atoms with van der Waals surface area (Å²) in [6, 6.07) is 15.1. The van der Waals surface area contributed by atoms with Gasteiger partial charge in [-0.2, -0.15) is 0 Å². The topological polar surface area (TPSA) is 136 Å². The number of carbonyl (C=O) groups excluding carboxylic acids is 1. The van der Waals surface area contributed by atoms with Gasteiger partial charge in [0.05, 0.1) is 0 Å². The number of carbonyl (C=O) groups is 1. The first-order valence-corrected chi connectivity index (χ1v) is 30.7. The van der Waals surface area contributed by atoms with Crippen LogP contribution in [0, 0.1) is 64.2 Å². The minimum absolute atomic E-state index is 0.196. The maximum absolute atomic E-state index is 11.2. The Bertz CT molecular complexity index is 2480. The van der Waals surface area contributed by atoms with Gasteiger partial charge in [0.15, 0.2) is 0 Å². The molecule has 8 heterocycles. The van der Waals surface area contributed by atoms with E-state index in [1.54, 1.807) is 19.6 Å². The molecule has 3 saturated heterocycles. The van der Waals surface area contributed by atoms with E-state index in [0.717, 1.165) is 150 Å². The van der Waals surface area contributed by atoms with Gasteiger partial charge in [-0.3, -0.25) is 9.78 Å². The highest BCUT2D eigenvalue weighted by molar-refractivity contribution is 5.73. The van der Waals surface area contributed by atoms with Crippen LogP contribution in [-0.2, 0) is 36.9 Å². The molecular formula is C65H97N13O. The van der Waals surface area contributed by atoms with Gasteiger partial charge in [0.1, 0.15) is 18.5 Å². The van der Waals surface area contributed by atoms with Crippen molar-refractivity contribution in [1.29, 1.82) is 0 Å². The largest absolute Gasteiger partial charge is 0.354 e. The quantitative estimate of drug-likeness (QED) is 0.117. The first kappa shape index (κ1) is 59.6. The second-order valence-corrected chi connectivity index (χ2v) is 24.7. The van der Waals surface area contributed by atoms with Gasteiger partial charge < -0.3 is 24.5 Å². The van der Waals surface area contributed by atoms with Crippen LogP contribution in [0.1, 0.15) is 153 Å². The lowest BCUT2D eigenvalue weighted by Gasteiger charge is -2.33. The second-order valence-electron chi connectivity index (χ2n) is 24.7. The van der Waals surface area contributed by atoms with E-state index in [1.807, 2.05) is 24.9 Å². The number of amides is 1. The van der Waals surface area contributed by atoms with E-state index in [0.29, 0.717) is 5.92 Å². The number of aromatic nitrogens is 8. The highest BCUT2D eigenvalue weighted by Gasteiger charge is 2.25. The molecule has 4 saturated carbocycles. The molecule has 12 rings (SSSR count). The molecule has 7 fully saturated rings. The van der Waals surface area contributed by atoms with Crippen molar-refractivity contribution in [2.24, 2.45) is 29.6 Å². The first-order chi connectivity index (χ1) is 38.2. The van der Waals surface area contributed by atoms with E-state index >= 15 is 0 Å². The van der Waals surface area contributed by atoms with E-state index in [4.69, 9.17) is 9.97 Å². The summed E-state index contributed by atoms with van der Waals surface area (Å²) >= 11 is 0. The van der Waals surface area contributed by atoms with Crippen molar-refractivity contribution in [3.63, 3.8) is 0 Å². The van der Waals surface area contributed by atoms with Crippen LogP contribution in [0.2, 0.25) is 0 Å². The SMILES string of the molecule is CC(=O)N1CCC(Cc2cc(C)ncn2)CC1.Cc1cc(CC2CCC2)nc(N2CCN(C)CC2)c1.Cc1cc(CC2CCC2)nc(N2CCN(C)CC2)n1.Cc1cc(CC2CCC2)ncn1.Cc1ccnc(CC2CCC2)c1. The molecule has 7 aliphatic rings. The Morgan fingerprint density at radius 3 is 1.29 bits per heavy atom. The second kappa shape index (κ2) is 30.4. The Balaban J connectivity index is 0.000000132. The van der Waals surface area contributed by atoms with Crippen LogP contribution in [0.4, 0.5) is 11.8 Å². The molecule has 0 atom stereocenters. The normalized spacial score (nSPS) is 19.3. The van der Waals surface area contributed by atoms with Crippen molar-refractivity contribution in [1.82, 2.24) is 54.6 Å². The minimum Gasteiger partial charge on any atom is -0.354 e. The predicted octanol–water partition coefficient (Wildman–Crippen LogP) is 10.8. The number of hydrogen-bond donors (Lipinski definition) is 0. The molecule has 1 amide bonds. The molecule has 0 N–H and O–H groups in total. The van der Waals surface area contributed by atoms with Crippen LogP contribution in [0.15, 0.2) is 61.3 Å². The van der Waals surface area contributed by atoms with E-state index in [2.05, 4.69) is 127 Å². The molecule has 14 nitrogen and oxygen atoms in total. The van der Waals surface area contributed by atoms with Crippen molar-refractivity contribution in [2.75, 3.05) is 89.3 Å². The fourth-order valence-electron chi connectivity index (χ4n) is 11.6. The van der Waals surface area contributed by atoms with Gasteiger partial charge in [0.2, 0.25) is 11.9 Å². The number of hydrogen-bond acceptors (Lipinski definition) is 13. The third kappa shape index (κ3) is 19.9. The number of aryl methyl sites for hydroxylation is 5. The third-order valence-electron chi connectivity index (χ3n) is 17.7. The molecule has 5 aromatic heterocycles. The van der Waals surface area contributed by atoms with Crippen molar-refractivity contribution in [3.05, 3.63) is 118 Å². The fraction of sp³-hybridized carbons (Fsp3) is 0.646. The van der Waals surface area contributed by atoms with Crippen molar-refractivity contribution < 1.29 is 4.79 Å². The summed E-state index contributed by atoms with van der Waals surface area (Å²) in [7, 11) is 4.37. The Kier molecular flexibility index (Phi) is 22.9. The van der Waals surface area contributed by atoms with Gasteiger partial charge in [0.25, 0.3) is 0 Å². The van der Waals surface area contributed by atoms with Gasteiger partial charge in [-0.15, -0.1) is 0 Å². The smallest absolute Gasteiger partial charge is 0.225 e. The van der Waals surface area contributed by atoms with Crippen molar-refractivity contribution in [3.8, 4) is 0 Å². The number of piperidine rings is 1. The van der Waals surface area contributed by atoms with E-state index in [1.165, 1.54) is 130 Å². The molecule has 4 aliphatic carbocycles. The summed E-state index contributed by atoms with van der Waals surface area (Å²) in [5.74, 6) is 6.59. The summed E-state index contributed by atoms with van der Waals surface area (Å²) in [6.45, 7) is 22.7. The molecule has 3 aliphatic heterocycles. The summed E-state index contributed by atoms with van der Waals surface area (Å²) in [5, 5.41) is 0. The van der Waals surface area contributed by atoms with Crippen LogP contribution in [0.5, 0.6) is 0 Å². The molecule has 79 heavy (non-hydrogen) atoms. The highest BCUT2D eigenvalue weighted by atomic mass is 16.2. The minimum atomic E-state index is 0.196. The van der Waals surface area contributed by atoms with Gasteiger partial charge in [-0.1, -0.05) is 77.0 Å². The Labute approximate surface area is 475 Å². The lowest BCUT2D eigenvalue weighted by atomic mass is 9.82. The van der Waals surface area contributed by atoms with Crippen LogP contribution < -0.4 is 9.80 Å². The molecular weight excluding hydrogens is 979 g/mol. The summed E-state index contributed by atoms with van der Waals surface area (Å²) in [5.41, 5.74) is 12.1. The van der Waals surface area contributed by atoms with Gasteiger partial charge in [-0.05, 0) is 177 Å². The zero-order chi connectivity index (χ0) is 55.5. The van der Waals surface area contributed by atoms with Crippen LogP contribution in [-0.4, -0.2) is 140 Å². The predicted molar refractivity (Wildman–Crippen MR) is 321 cm³/mol. The standard InChI is InChI=1S/C16H25N3.C15H24N4.C13H19N3O.C11H15N.C10H14N2/c1-13-10-15(12-14-4-3-5-14)17-16(11-13)19-8-6-18(2)7-9-19;1-12-10-14(11-13-4-3-5-13)17-15(16-12)19-8-6-18(2)7-9-19;1-10-7-13(15-9-14-10)8-12-3-5-16(6-4-12)11(2)17;1-9-5-6-12-11(7-9)8-10-3-2-4-10;1-8-5-10(12-7-11-8)6-9-3-2-4-9/h10-11,14H,3-9,12H2,1-2H3;10,13H,3-9,11H2,1-2H3;7,9,12H,3-6,8H2,1-2H3;5-7,10H,2-4,8H2,1H3;5,7,9H,2-4,6H2,1H3. The van der Waals surface area contributed by atoms with E-state index in [9.17, 15) is 4.79 Å².